The first-order valence-corrected chi connectivity index (χ1v) is 5.11. The van der Waals surface area contributed by atoms with E-state index in [9.17, 15) is 19.5 Å². The van der Waals surface area contributed by atoms with E-state index in [1.165, 1.54) is 12.1 Å². The fraction of sp³-hybridized carbons (Fsp3) is 0. The van der Waals surface area contributed by atoms with Crippen LogP contribution < -0.4 is 5.73 Å². The largest absolute Gasteiger partial charge is 0.507 e. The third-order valence-corrected chi connectivity index (χ3v) is 2.55. The van der Waals surface area contributed by atoms with Crippen LogP contribution >= 0.6 is 0 Å². The third kappa shape index (κ3) is 1.82. The molecule has 90 valence electrons. The van der Waals surface area contributed by atoms with Gasteiger partial charge in [-0.2, -0.15) is 0 Å². The molecule has 0 fully saturated rings. The Hall–Kier alpha value is -2.69. The van der Waals surface area contributed by atoms with Crippen molar-refractivity contribution in [2.45, 2.75) is 0 Å². The zero-order chi connectivity index (χ0) is 13.3. The number of allylic oxidation sites excluding steroid dienone is 2. The molecule has 5 nitrogen and oxygen atoms in total. The van der Waals surface area contributed by atoms with Crippen LogP contribution in [0.2, 0.25) is 0 Å². The molecule has 0 saturated heterocycles. The van der Waals surface area contributed by atoms with Gasteiger partial charge >= 0.3 is 0 Å². The molecule has 1 aromatic carbocycles. The molecule has 0 aromatic heterocycles. The van der Waals surface area contributed by atoms with Crippen LogP contribution in [-0.4, -0.2) is 22.6 Å². The number of carbonyl (C=O) groups excluding carboxylic acids is 3. The summed E-state index contributed by atoms with van der Waals surface area (Å²) < 4.78 is 0. The summed E-state index contributed by atoms with van der Waals surface area (Å²) >= 11 is 0. The maximum Gasteiger partial charge on any atom is 0.241 e. The van der Waals surface area contributed by atoms with E-state index >= 15 is 0 Å². The molecular weight excluding hydrogens is 234 g/mol. The van der Waals surface area contributed by atoms with Crippen LogP contribution in [0.5, 0.6) is 0 Å². The number of ketones is 2. The van der Waals surface area contributed by atoms with Gasteiger partial charge in [-0.05, 0) is 6.08 Å². The Bertz CT molecular complexity index is 626. The van der Waals surface area contributed by atoms with E-state index < -0.39 is 17.5 Å². The number of benzene rings is 1. The average molecular weight is 243 g/mol. The van der Waals surface area contributed by atoms with E-state index in [0.717, 1.165) is 12.2 Å². The van der Waals surface area contributed by atoms with Crippen molar-refractivity contribution in [1.29, 1.82) is 0 Å². The first kappa shape index (κ1) is 11.8. The van der Waals surface area contributed by atoms with E-state index in [1.54, 1.807) is 12.1 Å². The summed E-state index contributed by atoms with van der Waals surface area (Å²) in [5, 5.41) is 9.93. The lowest BCUT2D eigenvalue weighted by atomic mass is 9.88. The molecule has 0 heterocycles. The average Bonchev–Trinajstić information content (AvgIpc) is 2.36. The van der Waals surface area contributed by atoms with Crippen LogP contribution in [-0.2, 0) is 9.59 Å². The Morgan fingerprint density at radius 2 is 1.72 bits per heavy atom. The highest BCUT2D eigenvalue weighted by Crippen LogP contribution is 2.27. The molecule has 0 atom stereocenters. The van der Waals surface area contributed by atoms with Gasteiger partial charge in [0.1, 0.15) is 5.76 Å². The lowest BCUT2D eigenvalue weighted by Crippen LogP contribution is -2.23. The van der Waals surface area contributed by atoms with E-state index in [-0.39, 0.29) is 22.5 Å². The summed E-state index contributed by atoms with van der Waals surface area (Å²) in [5.74, 6) is -2.67. The van der Waals surface area contributed by atoms with Crippen molar-refractivity contribution in [2.24, 2.45) is 5.73 Å². The maximum absolute atomic E-state index is 11.8. The molecule has 0 spiro atoms. The monoisotopic (exact) mass is 243 g/mol. The van der Waals surface area contributed by atoms with Crippen molar-refractivity contribution < 1.29 is 19.5 Å². The second-order valence-electron chi connectivity index (χ2n) is 3.70. The minimum atomic E-state index is -0.858. The number of aliphatic hydroxyl groups is 1. The summed E-state index contributed by atoms with van der Waals surface area (Å²) in [7, 11) is 0. The molecule has 0 saturated carbocycles. The number of hydrogen-bond donors (Lipinski definition) is 2. The van der Waals surface area contributed by atoms with E-state index in [1.807, 2.05) is 0 Å². The molecule has 0 aliphatic heterocycles. The first-order valence-electron chi connectivity index (χ1n) is 5.11. The van der Waals surface area contributed by atoms with Gasteiger partial charge in [-0.3, -0.25) is 14.4 Å². The van der Waals surface area contributed by atoms with Gasteiger partial charge in [0.05, 0.1) is 5.57 Å². The van der Waals surface area contributed by atoms with Gasteiger partial charge < -0.3 is 10.8 Å². The second kappa shape index (κ2) is 4.29. The molecule has 1 aliphatic rings. The quantitative estimate of drug-likeness (QED) is 0.592. The highest BCUT2D eigenvalue weighted by Gasteiger charge is 2.31. The Kier molecular flexibility index (Phi) is 2.81. The van der Waals surface area contributed by atoms with Crippen molar-refractivity contribution >= 4 is 23.2 Å². The zero-order valence-electron chi connectivity index (χ0n) is 9.21. The van der Waals surface area contributed by atoms with Crippen LogP contribution in [0.25, 0.3) is 5.76 Å². The fourth-order valence-corrected chi connectivity index (χ4v) is 1.70. The number of fused-ring (bicyclic) bond motifs is 1. The Balaban J connectivity index is 2.62. The summed E-state index contributed by atoms with van der Waals surface area (Å²) in [6, 6.07) is 6.21. The Morgan fingerprint density at radius 3 is 2.33 bits per heavy atom. The van der Waals surface area contributed by atoms with Crippen molar-refractivity contribution in [1.82, 2.24) is 0 Å². The molecule has 2 rings (SSSR count). The molecule has 3 N–H and O–H groups in total. The summed E-state index contributed by atoms with van der Waals surface area (Å²) in [4.78, 5) is 34.1. The zero-order valence-corrected chi connectivity index (χ0v) is 9.21. The van der Waals surface area contributed by atoms with Gasteiger partial charge in [0.25, 0.3) is 0 Å². The summed E-state index contributed by atoms with van der Waals surface area (Å²) in [5.41, 5.74) is 5.10. The Labute approximate surface area is 102 Å². The minimum absolute atomic E-state index is 0.149. The van der Waals surface area contributed by atoms with E-state index in [0.29, 0.717) is 0 Å². The smallest absolute Gasteiger partial charge is 0.241 e. The molecule has 0 radical (unpaired) electrons. The number of carbonyl (C=O) groups is 3. The van der Waals surface area contributed by atoms with Gasteiger partial charge in [0.2, 0.25) is 17.5 Å². The van der Waals surface area contributed by atoms with Crippen LogP contribution in [0.3, 0.4) is 0 Å². The number of rotatable bonds is 2. The SMILES string of the molecule is NC(=O)/C=C/C1=C(O)c2ccccc2C(=O)C1=O. The molecular formula is C13H9NO4. The van der Waals surface area contributed by atoms with E-state index in [2.05, 4.69) is 0 Å². The van der Waals surface area contributed by atoms with E-state index in [4.69, 9.17) is 5.73 Å². The van der Waals surface area contributed by atoms with Gasteiger partial charge in [0.15, 0.2) is 0 Å². The lowest BCUT2D eigenvalue weighted by Gasteiger charge is -2.15. The second-order valence-corrected chi connectivity index (χ2v) is 3.70. The van der Waals surface area contributed by atoms with Crippen LogP contribution in [0.15, 0.2) is 42.0 Å². The standard InChI is InChI=1S/C13H9NO4/c14-10(15)6-5-9-11(16)7-3-1-2-4-8(7)12(17)13(9)18/h1-6,16H,(H2,14,15)/b6-5+. The lowest BCUT2D eigenvalue weighted by molar-refractivity contribution is -0.113. The highest BCUT2D eigenvalue weighted by molar-refractivity contribution is 6.52. The fourth-order valence-electron chi connectivity index (χ4n) is 1.70. The predicted molar refractivity (Wildman–Crippen MR) is 63.7 cm³/mol. The van der Waals surface area contributed by atoms with Gasteiger partial charge in [-0.15, -0.1) is 0 Å². The third-order valence-electron chi connectivity index (χ3n) is 2.55. The topological polar surface area (TPSA) is 97.5 Å². The maximum atomic E-state index is 11.8. The van der Waals surface area contributed by atoms with Gasteiger partial charge in [0, 0.05) is 17.2 Å². The van der Waals surface area contributed by atoms with Crippen molar-refractivity contribution in [3.05, 3.63) is 53.1 Å². The van der Waals surface area contributed by atoms with Gasteiger partial charge in [-0.1, -0.05) is 24.3 Å². The Morgan fingerprint density at radius 1 is 1.11 bits per heavy atom. The van der Waals surface area contributed by atoms with Crippen molar-refractivity contribution in [2.75, 3.05) is 0 Å². The summed E-state index contributed by atoms with van der Waals surface area (Å²) in [6.45, 7) is 0. The number of primary amides is 1. The van der Waals surface area contributed by atoms with Crippen LogP contribution in [0, 0.1) is 0 Å². The molecule has 0 unspecified atom stereocenters. The number of aliphatic hydroxyl groups excluding tert-OH is 1. The minimum Gasteiger partial charge on any atom is -0.507 e. The van der Waals surface area contributed by atoms with Crippen molar-refractivity contribution in [3.8, 4) is 0 Å². The molecule has 0 bridgehead atoms. The molecule has 1 aromatic rings. The number of amides is 1. The number of Topliss-reactive ketones (excluding diaryl/α,β-unsaturated/α-hetero) is 2. The van der Waals surface area contributed by atoms with Crippen LogP contribution in [0.4, 0.5) is 0 Å². The predicted octanol–water partition coefficient (Wildman–Crippen LogP) is 0.763. The first-order chi connectivity index (χ1) is 8.52. The molecule has 1 amide bonds. The number of nitrogens with two attached hydrogens (primary N) is 1. The molecule has 18 heavy (non-hydrogen) atoms. The van der Waals surface area contributed by atoms with Crippen molar-refractivity contribution in [3.63, 3.8) is 0 Å². The van der Waals surface area contributed by atoms with Crippen LogP contribution in [0.1, 0.15) is 15.9 Å². The molecule has 1 aliphatic carbocycles. The molecule has 5 heteroatoms. The van der Waals surface area contributed by atoms with Gasteiger partial charge in [-0.25, -0.2) is 0 Å². The number of hydrogen-bond acceptors (Lipinski definition) is 4. The summed E-state index contributed by atoms with van der Waals surface area (Å²) in [6.07, 6.45) is 1.97. The highest BCUT2D eigenvalue weighted by atomic mass is 16.3. The normalized spacial score (nSPS) is 15.1.